The molecule has 0 saturated heterocycles. The zero-order valence-corrected chi connectivity index (χ0v) is 14.0. The number of hydrogen-bond acceptors (Lipinski definition) is 4. The van der Waals surface area contributed by atoms with Crippen molar-refractivity contribution in [2.45, 2.75) is 36.1 Å². The molecule has 7 heteroatoms. The summed E-state index contributed by atoms with van der Waals surface area (Å²) in [7, 11) is 0.265. The third-order valence-corrected chi connectivity index (χ3v) is 6.28. The molecular formula is C14H22ClN3O2S. The summed E-state index contributed by atoms with van der Waals surface area (Å²) in [5.74, 6) is 0. The SMILES string of the molecule is CN(C)C1(CNS(=O)(=O)c2c(N)cccc2Cl)CCCC1. The van der Waals surface area contributed by atoms with Gasteiger partial charge in [0.25, 0.3) is 0 Å². The number of likely N-dealkylation sites (N-methyl/N-ethyl adjacent to an activating group) is 1. The molecule has 118 valence electrons. The first kappa shape index (κ1) is 16.5. The van der Waals surface area contributed by atoms with E-state index in [1.165, 1.54) is 12.1 Å². The van der Waals surface area contributed by atoms with E-state index in [0.717, 1.165) is 25.7 Å². The van der Waals surface area contributed by atoms with E-state index in [1.807, 2.05) is 14.1 Å². The normalized spacial score (nSPS) is 18.3. The number of sulfonamides is 1. The van der Waals surface area contributed by atoms with Crippen LogP contribution in [-0.2, 0) is 10.0 Å². The molecule has 3 N–H and O–H groups in total. The summed E-state index contributed by atoms with van der Waals surface area (Å²) in [6.45, 7) is 0.368. The topological polar surface area (TPSA) is 75.4 Å². The summed E-state index contributed by atoms with van der Waals surface area (Å²) in [5.41, 5.74) is 5.81. The largest absolute Gasteiger partial charge is 0.398 e. The fourth-order valence-electron chi connectivity index (χ4n) is 2.93. The van der Waals surface area contributed by atoms with Crippen LogP contribution in [0.25, 0.3) is 0 Å². The number of anilines is 1. The van der Waals surface area contributed by atoms with E-state index < -0.39 is 10.0 Å². The van der Waals surface area contributed by atoms with Crippen molar-refractivity contribution in [3.63, 3.8) is 0 Å². The number of rotatable bonds is 5. The van der Waals surface area contributed by atoms with E-state index in [9.17, 15) is 8.42 Å². The first-order valence-electron chi connectivity index (χ1n) is 7.00. The van der Waals surface area contributed by atoms with Crippen LogP contribution in [0.4, 0.5) is 5.69 Å². The lowest BCUT2D eigenvalue weighted by Crippen LogP contribution is -2.50. The second-order valence-corrected chi connectivity index (χ2v) is 7.92. The molecule has 1 aromatic carbocycles. The molecule has 1 aliphatic carbocycles. The third-order valence-electron chi connectivity index (χ3n) is 4.34. The van der Waals surface area contributed by atoms with Gasteiger partial charge in [-0.05, 0) is 39.1 Å². The van der Waals surface area contributed by atoms with Crippen molar-refractivity contribution in [3.05, 3.63) is 23.2 Å². The smallest absolute Gasteiger partial charge is 0.244 e. The Morgan fingerprint density at radius 1 is 1.33 bits per heavy atom. The number of benzene rings is 1. The molecule has 0 radical (unpaired) electrons. The minimum absolute atomic E-state index is 0.0291. The van der Waals surface area contributed by atoms with Crippen LogP contribution in [0, 0.1) is 0 Å². The van der Waals surface area contributed by atoms with Crippen LogP contribution in [-0.4, -0.2) is 39.5 Å². The molecule has 0 atom stereocenters. The highest BCUT2D eigenvalue weighted by atomic mass is 35.5. The standard InChI is InChI=1S/C14H22ClN3O2S/c1-18(2)14(8-3-4-9-14)10-17-21(19,20)13-11(15)6-5-7-12(13)16/h5-7,17H,3-4,8-10,16H2,1-2H3. The van der Waals surface area contributed by atoms with Gasteiger partial charge in [0.1, 0.15) is 4.90 Å². The Hall–Kier alpha value is -0.820. The molecule has 0 amide bonds. The lowest BCUT2D eigenvalue weighted by atomic mass is 9.97. The molecule has 21 heavy (non-hydrogen) atoms. The van der Waals surface area contributed by atoms with Gasteiger partial charge in [-0.15, -0.1) is 0 Å². The molecular weight excluding hydrogens is 310 g/mol. The summed E-state index contributed by atoms with van der Waals surface area (Å²) >= 11 is 6.00. The van der Waals surface area contributed by atoms with Gasteiger partial charge >= 0.3 is 0 Å². The summed E-state index contributed by atoms with van der Waals surface area (Å²) < 4.78 is 27.7. The number of nitrogen functional groups attached to an aromatic ring is 1. The van der Waals surface area contributed by atoms with E-state index in [4.69, 9.17) is 17.3 Å². The van der Waals surface area contributed by atoms with Crippen LogP contribution >= 0.6 is 11.6 Å². The Balaban J connectivity index is 2.22. The molecule has 1 fully saturated rings. The van der Waals surface area contributed by atoms with Crippen LogP contribution in [0.1, 0.15) is 25.7 Å². The van der Waals surface area contributed by atoms with Gasteiger partial charge in [0, 0.05) is 12.1 Å². The molecule has 2 rings (SSSR count). The fourth-order valence-corrected chi connectivity index (χ4v) is 4.72. The Morgan fingerprint density at radius 2 is 1.95 bits per heavy atom. The highest BCUT2D eigenvalue weighted by molar-refractivity contribution is 7.89. The van der Waals surface area contributed by atoms with Crippen LogP contribution in [0.15, 0.2) is 23.1 Å². The van der Waals surface area contributed by atoms with E-state index in [2.05, 4.69) is 9.62 Å². The molecule has 0 aliphatic heterocycles. The average Bonchev–Trinajstić information content (AvgIpc) is 2.86. The molecule has 0 unspecified atom stereocenters. The Kier molecular flexibility index (Phi) is 4.82. The van der Waals surface area contributed by atoms with E-state index in [0.29, 0.717) is 6.54 Å². The van der Waals surface area contributed by atoms with Gasteiger partial charge in [0.05, 0.1) is 10.7 Å². The zero-order chi connectivity index (χ0) is 15.7. The van der Waals surface area contributed by atoms with Crippen molar-refractivity contribution >= 4 is 27.3 Å². The van der Waals surface area contributed by atoms with Crippen LogP contribution in [0.2, 0.25) is 5.02 Å². The minimum atomic E-state index is -3.71. The molecule has 0 spiro atoms. The van der Waals surface area contributed by atoms with Crippen LogP contribution < -0.4 is 10.5 Å². The summed E-state index contributed by atoms with van der Waals surface area (Å²) in [6, 6.07) is 4.70. The fraction of sp³-hybridized carbons (Fsp3) is 0.571. The van der Waals surface area contributed by atoms with Gasteiger partial charge in [-0.2, -0.15) is 0 Å². The van der Waals surface area contributed by atoms with Gasteiger partial charge < -0.3 is 10.6 Å². The van der Waals surface area contributed by atoms with Gasteiger partial charge in [-0.3, -0.25) is 0 Å². The van der Waals surface area contributed by atoms with Gasteiger partial charge in [-0.1, -0.05) is 30.5 Å². The number of halogens is 1. The average molecular weight is 332 g/mol. The maximum atomic E-state index is 12.5. The first-order chi connectivity index (χ1) is 9.78. The van der Waals surface area contributed by atoms with Crippen LogP contribution in [0.3, 0.4) is 0 Å². The quantitative estimate of drug-likeness (QED) is 0.810. The molecule has 0 aromatic heterocycles. The highest BCUT2D eigenvalue weighted by Gasteiger charge is 2.37. The van der Waals surface area contributed by atoms with Gasteiger partial charge in [0.2, 0.25) is 10.0 Å². The number of nitrogens with two attached hydrogens (primary N) is 1. The van der Waals surface area contributed by atoms with E-state index in [1.54, 1.807) is 6.07 Å². The number of nitrogens with one attached hydrogen (secondary N) is 1. The summed E-state index contributed by atoms with van der Waals surface area (Å²) in [5, 5.41) is 0.146. The molecule has 5 nitrogen and oxygen atoms in total. The molecule has 1 aliphatic rings. The monoisotopic (exact) mass is 331 g/mol. The maximum Gasteiger partial charge on any atom is 0.244 e. The maximum absolute atomic E-state index is 12.5. The predicted octanol–water partition coefficient (Wildman–Crippen LogP) is 2.07. The number of hydrogen-bond donors (Lipinski definition) is 2. The molecule has 1 aromatic rings. The van der Waals surface area contributed by atoms with Crippen LogP contribution in [0.5, 0.6) is 0 Å². The summed E-state index contributed by atoms with van der Waals surface area (Å²) in [6.07, 6.45) is 4.21. The van der Waals surface area contributed by atoms with Crippen molar-refractivity contribution in [1.82, 2.24) is 9.62 Å². The zero-order valence-electron chi connectivity index (χ0n) is 12.4. The van der Waals surface area contributed by atoms with Crippen molar-refractivity contribution in [2.24, 2.45) is 0 Å². The lowest BCUT2D eigenvalue weighted by Gasteiger charge is -2.36. The van der Waals surface area contributed by atoms with Crippen molar-refractivity contribution in [3.8, 4) is 0 Å². The van der Waals surface area contributed by atoms with Crippen molar-refractivity contribution < 1.29 is 8.42 Å². The third kappa shape index (κ3) is 3.34. The Bertz CT molecular complexity index is 590. The van der Waals surface area contributed by atoms with Crippen molar-refractivity contribution in [1.29, 1.82) is 0 Å². The van der Waals surface area contributed by atoms with E-state index in [-0.39, 0.29) is 21.1 Å². The van der Waals surface area contributed by atoms with Gasteiger partial charge in [-0.25, -0.2) is 13.1 Å². The second-order valence-electron chi connectivity index (χ2n) is 5.81. The minimum Gasteiger partial charge on any atom is -0.398 e. The molecule has 0 bridgehead atoms. The highest BCUT2D eigenvalue weighted by Crippen LogP contribution is 2.34. The molecule has 1 saturated carbocycles. The van der Waals surface area contributed by atoms with Gasteiger partial charge in [0.15, 0.2) is 0 Å². The lowest BCUT2D eigenvalue weighted by molar-refractivity contribution is 0.162. The summed E-state index contributed by atoms with van der Waals surface area (Å²) in [4.78, 5) is 2.08. The van der Waals surface area contributed by atoms with E-state index >= 15 is 0 Å². The first-order valence-corrected chi connectivity index (χ1v) is 8.86. The predicted molar refractivity (Wildman–Crippen MR) is 85.9 cm³/mol. The Labute approximate surface area is 131 Å². The number of nitrogens with zero attached hydrogens (tertiary/aromatic N) is 1. The molecule has 0 heterocycles. The second kappa shape index (κ2) is 6.12. The van der Waals surface area contributed by atoms with Crippen molar-refractivity contribution in [2.75, 3.05) is 26.4 Å². The Morgan fingerprint density at radius 3 is 2.48 bits per heavy atom.